The third-order valence-corrected chi connectivity index (χ3v) is 25.7. The number of hydrogen-bond acceptors (Lipinski definition) is 16. The van der Waals surface area contributed by atoms with Crippen LogP contribution in [0.25, 0.3) is 0 Å². The largest absolute Gasteiger partial charge is 0.490 e. The first kappa shape index (κ1) is 65.4. The number of aliphatic hydroxyl groups is 2. The van der Waals surface area contributed by atoms with Gasteiger partial charge in [-0.25, -0.2) is 26.3 Å². The number of anilines is 2. The molecule has 10 aliphatic rings. The van der Waals surface area contributed by atoms with Crippen molar-refractivity contribution in [1.29, 1.82) is 0 Å². The van der Waals surface area contributed by atoms with Crippen molar-refractivity contribution < 1.29 is 55.6 Å². The Labute approximate surface area is 552 Å². The van der Waals surface area contributed by atoms with Gasteiger partial charge in [0.25, 0.3) is 11.8 Å². The Balaban J connectivity index is 0.000000168. The van der Waals surface area contributed by atoms with Gasteiger partial charge < -0.3 is 39.0 Å². The summed E-state index contributed by atoms with van der Waals surface area (Å²) in [6, 6.07) is 22.9. The van der Waals surface area contributed by atoms with E-state index in [9.17, 15) is 36.6 Å². The summed E-state index contributed by atoms with van der Waals surface area (Å²) in [4.78, 5) is 36.1. The van der Waals surface area contributed by atoms with Crippen LogP contribution in [0.15, 0.2) is 97.1 Å². The van der Waals surface area contributed by atoms with Crippen LogP contribution in [0.4, 0.5) is 11.4 Å². The fourth-order valence-electron chi connectivity index (χ4n) is 16.3. The van der Waals surface area contributed by atoms with E-state index in [0.717, 1.165) is 85.6 Å². The van der Waals surface area contributed by atoms with Gasteiger partial charge in [-0.05, 0) is 196 Å². The number of carbonyl (C=O) groups excluding carboxylic acids is 2. The number of sulfonamides is 2. The number of fused-ring (bicyclic) bond motifs is 8. The number of halogens is 2. The lowest BCUT2D eigenvalue weighted by atomic mass is 9.68. The van der Waals surface area contributed by atoms with Gasteiger partial charge in [0, 0.05) is 97.4 Å². The lowest BCUT2D eigenvalue weighted by Crippen LogP contribution is -2.49. The van der Waals surface area contributed by atoms with E-state index in [1.165, 1.54) is 22.3 Å². The Morgan fingerprint density at radius 3 is 1.37 bits per heavy atom. The highest BCUT2D eigenvalue weighted by Crippen LogP contribution is 2.49. The van der Waals surface area contributed by atoms with Crippen molar-refractivity contribution in [1.82, 2.24) is 19.2 Å². The molecular weight excluding hydrogens is 1250 g/mol. The van der Waals surface area contributed by atoms with Gasteiger partial charge in [0.05, 0.1) is 73.7 Å². The first-order chi connectivity index (χ1) is 44.4. The SMILES string of the molecule is O=C1NS(=O)(=O)[C@@H](CN2CCOCC2)CC/C=C\[C@H](O)[C@@H]2CC[C@H]2CN2C[C@@]3(CCCc4cc(Cl)ccc43)COc3ccc1cc32.O=C1NS(=O)(=O)[C@H](CN2CCOCC2)CC/C=C\[C@H](O)[C@@H]2CC[C@H]2CN2C[C@@]3(CCCc4cc(Cl)ccc43)COc3ccc1cc32. The topological polar surface area (TPSA) is 217 Å². The molecular formula is C70H88Cl2N6O12S2. The van der Waals surface area contributed by atoms with Crippen molar-refractivity contribution in [3.8, 4) is 11.5 Å². The van der Waals surface area contributed by atoms with E-state index in [1.54, 1.807) is 36.4 Å². The lowest BCUT2D eigenvalue weighted by molar-refractivity contribution is 0.0375. The van der Waals surface area contributed by atoms with Crippen LogP contribution in [0.2, 0.25) is 10.0 Å². The molecule has 6 aliphatic heterocycles. The standard InChI is InChI=1S/2C35H44ClN3O6S/c2*36-27-9-11-30-24(18-27)4-3-13-35(30)22-39-20-26-7-10-29(26)32(40)6-2-1-5-28(21-38-14-16-44-17-15-38)46(42,43)37-34(41)25-8-12-33(45-23-35)31(39)19-25/h2*2,6,8-9,11-12,18-19,26,28-29,32,40H,1,3-5,7,10,13-17,20-23H2,(H,37,41)/b2*6-2-/t26-,28+,29+,32-,35-;26-,28-,29+,32-,35-/m00/s1. The smallest absolute Gasteiger partial charge is 0.264 e. The summed E-state index contributed by atoms with van der Waals surface area (Å²) in [6.45, 7) is 9.24. The highest BCUT2D eigenvalue weighted by molar-refractivity contribution is 7.91. The molecule has 4 bridgehead atoms. The highest BCUT2D eigenvalue weighted by atomic mass is 35.5. The van der Waals surface area contributed by atoms with Crippen LogP contribution < -0.4 is 28.7 Å². The number of nitrogens with zero attached hydrogens (tertiary/aromatic N) is 4. The number of allylic oxidation sites excluding steroid dienone is 2. The molecule has 2 spiro atoms. The molecule has 4 N–H and O–H groups in total. The molecule has 2 amide bonds. The third-order valence-electron chi connectivity index (χ3n) is 21.8. The molecule has 0 radical (unpaired) electrons. The van der Waals surface area contributed by atoms with Gasteiger partial charge in [0.1, 0.15) is 11.5 Å². The van der Waals surface area contributed by atoms with Crippen molar-refractivity contribution in [3.05, 3.63) is 141 Å². The van der Waals surface area contributed by atoms with Crippen molar-refractivity contribution in [2.24, 2.45) is 23.7 Å². The Hall–Kier alpha value is -5.26. The number of ether oxygens (including phenoxy) is 4. The normalized spacial score (nSPS) is 32.2. The van der Waals surface area contributed by atoms with Crippen molar-refractivity contribution >= 4 is 66.4 Å². The molecule has 4 aromatic carbocycles. The first-order valence-corrected chi connectivity index (χ1v) is 37.3. The average molecular weight is 1340 g/mol. The van der Waals surface area contributed by atoms with Gasteiger partial charge in [-0.3, -0.25) is 19.4 Å². The summed E-state index contributed by atoms with van der Waals surface area (Å²) >= 11 is 12.8. The lowest BCUT2D eigenvalue weighted by Gasteiger charge is -2.45. The highest BCUT2D eigenvalue weighted by Gasteiger charge is 2.47. The van der Waals surface area contributed by atoms with Crippen LogP contribution in [0, 0.1) is 23.7 Å². The molecule has 0 aromatic heterocycles. The Kier molecular flexibility index (Phi) is 19.8. The van der Waals surface area contributed by atoms with E-state index in [-0.39, 0.29) is 45.6 Å². The number of aliphatic hydroxyl groups excluding tert-OH is 2. The number of aryl methyl sites for hydroxylation is 2. The molecule has 14 rings (SSSR count). The Bertz CT molecular complexity index is 3420. The number of amides is 2. The minimum atomic E-state index is -4.01. The summed E-state index contributed by atoms with van der Waals surface area (Å²) in [6.07, 6.45) is 17.8. The Morgan fingerprint density at radius 1 is 0.543 bits per heavy atom. The van der Waals surface area contributed by atoms with Crippen LogP contribution >= 0.6 is 23.2 Å². The fraction of sp³-hybridized carbons (Fsp3) is 0.571. The van der Waals surface area contributed by atoms with E-state index in [1.807, 2.05) is 36.4 Å². The molecule has 6 heterocycles. The number of morpholine rings is 2. The molecule has 92 heavy (non-hydrogen) atoms. The van der Waals surface area contributed by atoms with Crippen molar-refractivity contribution in [3.63, 3.8) is 0 Å². The van der Waals surface area contributed by atoms with Gasteiger partial charge >= 0.3 is 0 Å². The predicted octanol–water partition coefficient (Wildman–Crippen LogP) is 8.62. The molecule has 22 heteroatoms. The van der Waals surface area contributed by atoms with Gasteiger partial charge in [-0.15, -0.1) is 0 Å². The molecule has 4 fully saturated rings. The maximum absolute atomic E-state index is 13.7. The van der Waals surface area contributed by atoms with E-state index in [4.69, 9.17) is 42.1 Å². The molecule has 0 unspecified atom stereocenters. The third kappa shape index (κ3) is 14.2. The van der Waals surface area contributed by atoms with Crippen molar-refractivity contribution in [2.75, 3.05) is 115 Å². The second-order valence-electron chi connectivity index (χ2n) is 27.6. The molecule has 4 aliphatic carbocycles. The molecule has 496 valence electrons. The van der Waals surface area contributed by atoms with Crippen LogP contribution in [-0.4, -0.2) is 176 Å². The second-order valence-corrected chi connectivity index (χ2v) is 32.4. The van der Waals surface area contributed by atoms with Crippen LogP contribution in [0.5, 0.6) is 11.5 Å². The average Bonchev–Trinajstić information content (AvgIpc) is 1.49. The van der Waals surface area contributed by atoms with Gasteiger partial charge in [-0.2, -0.15) is 0 Å². The minimum Gasteiger partial charge on any atom is -0.490 e. The second kappa shape index (κ2) is 27.8. The molecule has 10 atom stereocenters. The van der Waals surface area contributed by atoms with Gasteiger partial charge in [0.2, 0.25) is 20.0 Å². The molecule has 4 aromatic rings. The van der Waals surface area contributed by atoms with Crippen LogP contribution in [0.1, 0.15) is 120 Å². The number of nitrogens with one attached hydrogen (secondary N) is 2. The number of rotatable bonds is 4. The van der Waals surface area contributed by atoms with Gasteiger partial charge in [-0.1, -0.05) is 59.6 Å². The number of benzene rings is 4. The molecule has 2 saturated heterocycles. The van der Waals surface area contributed by atoms with Crippen molar-refractivity contribution in [2.45, 2.75) is 123 Å². The zero-order valence-electron chi connectivity index (χ0n) is 52.4. The molecule has 2 saturated carbocycles. The summed E-state index contributed by atoms with van der Waals surface area (Å²) in [5.74, 6) is 0.873. The zero-order valence-corrected chi connectivity index (χ0v) is 55.6. The number of carbonyl (C=O) groups is 2. The molecule has 18 nitrogen and oxygen atoms in total. The van der Waals surface area contributed by atoms with Crippen LogP contribution in [0.3, 0.4) is 0 Å². The number of hydrogen-bond donors (Lipinski definition) is 4. The minimum absolute atomic E-state index is 0.115. The van der Waals surface area contributed by atoms with E-state index in [0.29, 0.717) is 142 Å². The zero-order chi connectivity index (χ0) is 63.8. The maximum Gasteiger partial charge on any atom is 0.264 e. The van der Waals surface area contributed by atoms with Crippen LogP contribution in [-0.2, 0) is 53.2 Å². The van der Waals surface area contributed by atoms with E-state index in [2.05, 4.69) is 53.3 Å². The Morgan fingerprint density at radius 2 is 0.967 bits per heavy atom. The van der Waals surface area contributed by atoms with E-state index >= 15 is 0 Å². The maximum atomic E-state index is 13.7. The van der Waals surface area contributed by atoms with E-state index < -0.39 is 54.6 Å². The monoisotopic (exact) mass is 1340 g/mol. The fourth-order valence-corrected chi connectivity index (χ4v) is 19.5. The van der Waals surface area contributed by atoms with Gasteiger partial charge in [0.15, 0.2) is 0 Å². The summed E-state index contributed by atoms with van der Waals surface area (Å²) < 4.78 is 83.8. The summed E-state index contributed by atoms with van der Waals surface area (Å²) in [5.41, 5.74) is 6.62. The quantitative estimate of drug-likeness (QED) is 0.141. The predicted molar refractivity (Wildman–Crippen MR) is 356 cm³/mol. The first-order valence-electron chi connectivity index (χ1n) is 33.4. The summed E-state index contributed by atoms with van der Waals surface area (Å²) in [7, 11) is -8.01. The summed E-state index contributed by atoms with van der Waals surface area (Å²) in [5, 5.41) is 22.4.